The Bertz CT molecular complexity index is 275. The van der Waals surface area contributed by atoms with Crippen LogP contribution in [0.15, 0.2) is 0 Å². The molecule has 1 rings (SSSR count). The molecular weight excluding hydrogens is 239 g/mol. The summed E-state index contributed by atoms with van der Waals surface area (Å²) >= 11 is 0. The molecule has 1 aliphatic heterocycles. The highest BCUT2D eigenvalue weighted by molar-refractivity contribution is 6.74. The van der Waals surface area contributed by atoms with E-state index in [1.54, 1.807) is 0 Å². The predicted molar refractivity (Wildman–Crippen MR) is 67.3 cm³/mol. The van der Waals surface area contributed by atoms with Gasteiger partial charge < -0.3 is 14.0 Å². The Balaban J connectivity index is 2.80. The van der Waals surface area contributed by atoms with E-state index in [0.29, 0.717) is 0 Å². The van der Waals surface area contributed by atoms with E-state index in [0.717, 1.165) is 6.29 Å². The molecule has 0 N–H and O–H groups in total. The summed E-state index contributed by atoms with van der Waals surface area (Å²) < 4.78 is 24.2. The van der Waals surface area contributed by atoms with Crippen LogP contribution in [0.3, 0.4) is 0 Å². The van der Waals surface area contributed by atoms with Gasteiger partial charge in [-0.05, 0) is 18.1 Å². The smallest absolute Gasteiger partial charge is 0.192 e. The van der Waals surface area contributed by atoms with Crippen LogP contribution >= 0.6 is 0 Å². The summed E-state index contributed by atoms with van der Waals surface area (Å²) in [5.74, 6) is -0.306. The maximum Gasteiger partial charge on any atom is 0.192 e. The largest absolute Gasteiger partial charge is 0.410 e. The van der Waals surface area contributed by atoms with Crippen molar-refractivity contribution in [2.75, 3.05) is 13.3 Å². The first-order valence-electron chi connectivity index (χ1n) is 6.03. The van der Waals surface area contributed by atoms with Gasteiger partial charge in [0.15, 0.2) is 14.6 Å². The molecule has 0 saturated carbocycles. The van der Waals surface area contributed by atoms with Gasteiger partial charge in [-0.15, -0.1) is 0 Å². The Hall–Kier alpha value is -0.263. The third-order valence-electron chi connectivity index (χ3n) is 3.86. The number of carbonyl (C=O) groups excluding carboxylic acids is 1. The van der Waals surface area contributed by atoms with Crippen molar-refractivity contribution in [3.63, 3.8) is 0 Å². The molecule has 0 amide bonds. The van der Waals surface area contributed by atoms with Crippen LogP contribution in [0.2, 0.25) is 18.1 Å². The van der Waals surface area contributed by atoms with E-state index in [4.69, 9.17) is 9.16 Å². The molecule has 1 fully saturated rings. The molecule has 100 valence electrons. The Morgan fingerprint density at radius 1 is 1.47 bits per heavy atom. The van der Waals surface area contributed by atoms with Crippen LogP contribution < -0.4 is 0 Å². The van der Waals surface area contributed by atoms with Crippen molar-refractivity contribution in [1.29, 1.82) is 0 Å². The first-order chi connectivity index (χ1) is 7.73. The van der Waals surface area contributed by atoms with E-state index in [1.165, 1.54) is 0 Å². The Labute approximate surface area is 104 Å². The Kier molecular flexibility index (Phi) is 4.49. The lowest BCUT2D eigenvalue weighted by atomic mass is 10.0. The van der Waals surface area contributed by atoms with E-state index in [2.05, 4.69) is 33.9 Å². The molecule has 1 heterocycles. The third kappa shape index (κ3) is 3.14. The predicted octanol–water partition coefficient (Wildman–Crippen LogP) is 2.56. The van der Waals surface area contributed by atoms with Crippen LogP contribution in [-0.2, 0) is 14.0 Å². The molecule has 1 aliphatic rings. The number of hydrogen-bond acceptors (Lipinski definition) is 3. The summed E-state index contributed by atoms with van der Waals surface area (Å²) in [6.07, 6.45) is -0.295. The van der Waals surface area contributed by atoms with Gasteiger partial charge in [-0.25, -0.2) is 0 Å². The highest BCUT2D eigenvalue weighted by Gasteiger charge is 2.46. The molecule has 3 nitrogen and oxygen atoms in total. The first-order valence-corrected chi connectivity index (χ1v) is 8.94. The number of aldehydes is 1. The van der Waals surface area contributed by atoms with Crippen molar-refractivity contribution >= 4 is 14.6 Å². The standard InChI is InChI=1S/C12H23FO3Si/c1-12(2,3)17(4,5)16-11-9(6-13)8-15-10(11)7-14/h7,9-11H,6,8H2,1-5H3. The van der Waals surface area contributed by atoms with Gasteiger partial charge in [0.2, 0.25) is 0 Å². The molecule has 0 radical (unpaired) electrons. The fraction of sp³-hybridized carbons (Fsp3) is 0.917. The minimum Gasteiger partial charge on any atom is -0.410 e. The molecule has 0 aromatic heterocycles. The molecule has 0 aromatic rings. The minimum absolute atomic E-state index is 0.0455. The third-order valence-corrected chi connectivity index (χ3v) is 8.33. The highest BCUT2D eigenvalue weighted by atomic mass is 28.4. The van der Waals surface area contributed by atoms with E-state index in [9.17, 15) is 9.18 Å². The van der Waals surface area contributed by atoms with Gasteiger partial charge >= 0.3 is 0 Å². The molecule has 0 aliphatic carbocycles. The topological polar surface area (TPSA) is 35.5 Å². The van der Waals surface area contributed by atoms with E-state index in [-0.39, 0.29) is 17.6 Å². The van der Waals surface area contributed by atoms with Crippen LogP contribution in [0.1, 0.15) is 20.8 Å². The molecular formula is C12H23FO3Si. The fourth-order valence-electron chi connectivity index (χ4n) is 1.62. The lowest BCUT2D eigenvalue weighted by molar-refractivity contribution is -0.118. The van der Waals surface area contributed by atoms with E-state index < -0.39 is 27.2 Å². The number of halogens is 1. The molecule has 0 spiro atoms. The van der Waals surface area contributed by atoms with E-state index in [1.807, 2.05) is 0 Å². The lowest BCUT2D eigenvalue weighted by Crippen LogP contribution is -2.48. The molecule has 3 unspecified atom stereocenters. The molecule has 5 heteroatoms. The SMILES string of the molecule is CC(C)(C)[Si](C)(C)OC1C(CF)COC1C=O. The van der Waals surface area contributed by atoms with Crippen molar-refractivity contribution in [3.8, 4) is 0 Å². The average molecular weight is 262 g/mol. The van der Waals surface area contributed by atoms with Crippen molar-refractivity contribution in [2.45, 2.75) is 51.1 Å². The van der Waals surface area contributed by atoms with Gasteiger partial charge in [-0.1, -0.05) is 20.8 Å². The second-order valence-electron chi connectivity index (χ2n) is 6.19. The van der Waals surface area contributed by atoms with Crippen molar-refractivity contribution in [3.05, 3.63) is 0 Å². The van der Waals surface area contributed by atoms with Gasteiger partial charge in [0.1, 0.15) is 6.10 Å². The zero-order valence-electron chi connectivity index (χ0n) is 11.3. The summed E-state index contributed by atoms with van der Waals surface area (Å²) in [7, 11) is -1.99. The van der Waals surface area contributed by atoms with Crippen LogP contribution in [0.4, 0.5) is 4.39 Å². The quantitative estimate of drug-likeness (QED) is 0.577. The van der Waals surface area contributed by atoms with Gasteiger partial charge in [-0.2, -0.15) is 0 Å². The summed E-state index contributed by atoms with van der Waals surface area (Å²) in [5.41, 5.74) is 0. The zero-order valence-corrected chi connectivity index (χ0v) is 12.3. The number of alkyl halides is 1. The second kappa shape index (κ2) is 5.16. The zero-order chi connectivity index (χ0) is 13.3. The summed E-state index contributed by atoms with van der Waals surface area (Å²) in [6, 6.07) is 0. The Morgan fingerprint density at radius 2 is 2.06 bits per heavy atom. The average Bonchev–Trinajstić information content (AvgIpc) is 2.57. The molecule has 3 atom stereocenters. The first kappa shape index (κ1) is 14.8. The van der Waals surface area contributed by atoms with Gasteiger partial charge in [0, 0.05) is 5.92 Å². The maximum absolute atomic E-state index is 12.9. The number of carbonyl (C=O) groups is 1. The van der Waals surface area contributed by atoms with Crippen LogP contribution in [-0.4, -0.2) is 40.1 Å². The Morgan fingerprint density at radius 3 is 2.47 bits per heavy atom. The van der Waals surface area contributed by atoms with Crippen molar-refractivity contribution in [1.82, 2.24) is 0 Å². The molecule has 1 saturated heterocycles. The van der Waals surface area contributed by atoms with Crippen LogP contribution in [0.25, 0.3) is 0 Å². The lowest BCUT2D eigenvalue weighted by Gasteiger charge is -2.39. The molecule has 0 aromatic carbocycles. The number of ether oxygens (including phenoxy) is 1. The minimum atomic E-state index is -1.99. The molecule has 0 bridgehead atoms. The molecule has 17 heavy (non-hydrogen) atoms. The monoisotopic (exact) mass is 262 g/mol. The highest BCUT2D eigenvalue weighted by Crippen LogP contribution is 2.39. The number of hydrogen-bond donors (Lipinski definition) is 0. The van der Waals surface area contributed by atoms with Crippen LogP contribution in [0, 0.1) is 5.92 Å². The van der Waals surface area contributed by atoms with Gasteiger partial charge in [0.05, 0.1) is 19.4 Å². The van der Waals surface area contributed by atoms with Crippen molar-refractivity contribution in [2.24, 2.45) is 5.92 Å². The summed E-state index contributed by atoms with van der Waals surface area (Å²) in [6.45, 7) is 10.3. The second-order valence-corrected chi connectivity index (χ2v) is 10.9. The number of rotatable bonds is 4. The van der Waals surface area contributed by atoms with Crippen molar-refractivity contribution < 1.29 is 18.3 Å². The summed E-state index contributed by atoms with van der Waals surface area (Å²) in [4.78, 5) is 10.9. The normalized spacial score (nSPS) is 30.6. The summed E-state index contributed by atoms with van der Waals surface area (Å²) in [5, 5.41) is 0.0455. The van der Waals surface area contributed by atoms with Gasteiger partial charge in [0.25, 0.3) is 0 Å². The van der Waals surface area contributed by atoms with E-state index >= 15 is 0 Å². The van der Waals surface area contributed by atoms with Crippen LogP contribution in [0.5, 0.6) is 0 Å². The fourth-order valence-corrected chi connectivity index (χ4v) is 2.98. The maximum atomic E-state index is 12.9. The van der Waals surface area contributed by atoms with Gasteiger partial charge in [-0.3, -0.25) is 4.39 Å².